The number of nitrogens with zero attached hydrogens (tertiary/aromatic N) is 4. The highest BCUT2D eigenvalue weighted by atomic mass is 32.2. The number of benzene rings is 1. The lowest BCUT2D eigenvalue weighted by molar-refractivity contribution is 0.664. The molecule has 5 aromatic rings. The first kappa shape index (κ1) is 21.6. The van der Waals surface area contributed by atoms with Gasteiger partial charge in [0.05, 0.1) is 11.1 Å². The fraction of sp³-hybridized carbons (Fsp3) is 0.130. The number of thioether (sulfide) groups is 1. The molecule has 7 nitrogen and oxygen atoms in total. The summed E-state index contributed by atoms with van der Waals surface area (Å²) in [7, 11) is 3.08. The van der Waals surface area contributed by atoms with Crippen LogP contribution in [0.15, 0.2) is 78.8 Å². The van der Waals surface area contributed by atoms with Crippen LogP contribution in [0.5, 0.6) is 0 Å². The van der Waals surface area contributed by atoms with Crippen molar-refractivity contribution in [3.63, 3.8) is 0 Å². The van der Waals surface area contributed by atoms with E-state index in [1.54, 1.807) is 23.0 Å². The maximum atomic E-state index is 13.8. The van der Waals surface area contributed by atoms with Gasteiger partial charge in [0.2, 0.25) is 0 Å². The average Bonchev–Trinajstić information content (AvgIpc) is 3.50. The van der Waals surface area contributed by atoms with Crippen LogP contribution in [0.25, 0.3) is 26.3 Å². The molecule has 0 N–H and O–H groups in total. The Kier molecular flexibility index (Phi) is 5.65. The van der Waals surface area contributed by atoms with E-state index in [4.69, 9.17) is 4.98 Å². The predicted molar refractivity (Wildman–Crippen MR) is 135 cm³/mol. The highest BCUT2D eigenvalue weighted by molar-refractivity contribution is 7.98. The van der Waals surface area contributed by atoms with Crippen molar-refractivity contribution in [2.24, 2.45) is 14.1 Å². The molecule has 0 unspecified atom stereocenters. The van der Waals surface area contributed by atoms with Gasteiger partial charge in [-0.2, -0.15) is 0 Å². The van der Waals surface area contributed by atoms with Crippen LogP contribution in [0.4, 0.5) is 0 Å². The second-order valence-electron chi connectivity index (χ2n) is 7.34. The molecule has 0 aliphatic carbocycles. The molecule has 4 aromatic heterocycles. The third-order valence-corrected chi connectivity index (χ3v) is 8.10. The minimum absolute atomic E-state index is 0.142. The first-order chi connectivity index (χ1) is 16.0. The van der Waals surface area contributed by atoms with E-state index in [2.05, 4.69) is 0 Å². The predicted octanol–water partition coefficient (Wildman–Crippen LogP) is 3.87. The second kappa shape index (κ2) is 8.62. The Morgan fingerprint density at radius 1 is 0.970 bits per heavy atom. The Morgan fingerprint density at radius 2 is 1.76 bits per heavy atom. The van der Waals surface area contributed by atoms with Gasteiger partial charge in [0.25, 0.3) is 11.1 Å². The molecule has 5 rings (SSSR count). The minimum Gasteiger partial charge on any atom is -0.300 e. The summed E-state index contributed by atoms with van der Waals surface area (Å²) >= 11 is 4.34. The number of rotatable bonds is 5. The minimum atomic E-state index is -0.388. The van der Waals surface area contributed by atoms with E-state index < -0.39 is 0 Å². The highest BCUT2D eigenvalue weighted by Gasteiger charge is 2.19. The number of aromatic nitrogens is 4. The van der Waals surface area contributed by atoms with Crippen molar-refractivity contribution in [1.82, 2.24) is 18.7 Å². The van der Waals surface area contributed by atoms with Gasteiger partial charge in [0, 0.05) is 47.4 Å². The quantitative estimate of drug-likeness (QED) is 0.274. The highest BCUT2D eigenvalue weighted by Crippen LogP contribution is 2.35. The maximum Gasteiger partial charge on any atom is 0.330 e. The summed E-state index contributed by atoms with van der Waals surface area (Å²) in [5, 5.41) is 5.06. The van der Waals surface area contributed by atoms with Gasteiger partial charge in [-0.3, -0.25) is 23.3 Å². The molecule has 0 amide bonds. The second-order valence-corrected chi connectivity index (χ2v) is 10.1. The van der Waals surface area contributed by atoms with Crippen LogP contribution in [0.3, 0.4) is 0 Å². The first-order valence-corrected chi connectivity index (χ1v) is 12.7. The lowest BCUT2D eigenvalue weighted by Gasteiger charge is -2.13. The fourth-order valence-electron chi connectivity index (χ4n) is 3.54. The van der Waals surface area contributed by atoms with Crippen LogP contribution in [-0.4, -0.2) is 18.7 Å². The van der Waals surface area contributed by atoms with Crippen LogP contribution in [0, 0.1) is 0 Å². The summed E-state index contributed by atoms with van der Waals surface area (Å²) in [6, 6.07) is 14.8. The standard InChI is InChI=1S/C23H18N4O3S3/c1-25-15(11-18(28)26(2)23(25)30)12-33-22-24-20-19(16(13-32-20)17-9-6-10-31-17)21(29)27(22)14-7-4-3-5-8-14/h3-11,13H,12H2,1-2H3. The average molecular weight is 495 g/mol. The summed E-state index contributed by atoms with van der Waals surface area (Å²) in [6.07, 6.45) is 0. The Morgan fingerprint density at radius 3 is 2.48 bits per heavy atom. The fourth-order valence-corrected chi connectivity index (χ4v) is 6.38. The van der Waals surface area contributed by atoms with Gasteiger partial charge in [0.15, 0.2) is 5.16 Å². The van der Waals surface area contributed by atoms with Crippen molar-refractivity contribution in [1.29, 1.82) is 0 Å². The van der Waals surface area contributed by atoms with E-state index in [0.717, 1.165) is 15.0 Å². The van der Waals surface area contributed by atoms with Crippen molar-refractivity contribution in [2.45, 2.75) is 10.9 Å². The third-order valence-electron chi connectivity index (χ3n) is 5.35. The van der Waals surface area contributed by atoms with Gasteiger partial charge in [0.1, 0.15) is 4.83 Å². The number of hydrogen-bond acceptors (Lipinski definition) is 7. The zero-order chi connectivity index (χ0) is 23.1. The van der Waals surface area contributed by atoms with E-state index in [0.29, 0.717) is 32.5 Å². The van der Waals surface area contributed by atoms with E-state index in [-0.39, 0.29) is 16.8 Å². The smallest absolute Gasteiger partial charge is 0.300 e. The van der Waals surface area contributed by atoms with Gasteiger partial charge < -0.3 is 0 Å². The van der Waals surface area contributed by atoms with Crippen LogP contribution in [-0.2, 0) is 19.8 Å². The molecule has 1 aromatic carbocycles. The summed E-state index contributed by atoms with van der Waals surface area (Å²) in [6.45, 7) is 0. The third kappa shape index (κ3) is 3.79. The SMILES string of the molecule is Cn1c(CSc2nc3scc(-c4cccs4)c3c(=O)n2-c2ccccc2)cc(=O)n(C)c1=O. The summed E-state index contributed by atoms with van der Waals surface area (Å²) in [5.41, 5.74) is 1.26. The maximum absolute atomic E-state index is 13.8. The molecule has 10 heteroatoms. The van der Waals surface area contributed by atoms with Crippen LogP contribution in [0.1, 0.15) is 5.69 Å². The molecule has 0 aliphatic heterocycles. The Hall–Kier alpha value is -3.21. The molecule has 0 atom stereocenters. The molecule has 0 aliphatic rings. The van der Waals surface area contributed by atoms with Crippen molar-refractivity contribution in [2.75, 3.05) is 0 Å². The van der Waals surface area contributed by atoms with E-state index >= 15 is 0 Å². The van der Waals surface area contributed by atoms with Crippen molar-refractivity contribution in [3.05, 3.63) is 96.2 Å². The van der Waals surface area contributed by atoms with Gasteiger partial charge in [-0.1, -0.05) is 36.0 Å². The van der Waals surface area contributed by atoms with Gasteiger partial charge >= 0.3 is 5.69 Å². The molecule has 0 bridgehead atoms. The topological polar surface area (TPSA) is 78.9 Å². The van der Waals surface area contributed by atoms with Gasteiger partial charge in [-0.05, 0) is 23.6 Å². The summed E-state index contributed by atoms with van der Waals surface area (Å²) < 4.78 is 4.12. The van der Waals surface area contributed by atoms with Gasteiger partial charge in [-0.15, -0.1) is 22.7 Å². The number of para-hydroxylation sites is 1. The molecule has 0 spiro atoms. The summed E-state index contributed by atoms with van der Waals surface area (Å²) in [5.74, 6) is 0.315. The first-order valence-electron chi connectivity index (χ1n) is 9.98. The molecular formula is C23H18N4O3S3. The number of fused-ring (bicyclic) bond motifs is 1. The molecule has 4 heterocycles. The van der Waals surface area contributed by atoms with E-state index in [9.17, 15) is 14.4 Å². The zero-order valence-corrected chi connectivity index (χ0v) is 20.2. The Balaban J connectivity index is 1.67. The van der Waals surface area contributed by atoms with E-state index in [1.165, 1.54) is 40.8 Å². The van der Waals surface area contributed by atoms with Gasteiger partial charge in [-0.25, -0.2) is 9.78 Å². The molecule has 0 radical (unpaired) electrons. The van der Waals surface area contributed by atoms with Crippen LogP contribution in [0.2, 0.25) is 0 Å². The lowest BCUT2D eigenvalue weighted by atomic mass is 10.2. The number of hydrogen-bond donors (Lipinski definition) is 0. The normalized spacial score (nSPS) is 11.3. The summed E-state index contributed by atoms with van der Waals surface area (Å²) in [4.78, 5) is 44.7. The van der Waals surface area contributed by atoms with Crippen LogP contribution >= 0.6 is 34.4 Å². The monoisotopic (exact) mass is 494 g/mol. The Labute approximate surface area is 200 Å². The molecule has 0 saturated carbocycles. The largest absolute Gasteiger partial charge is 0.330 e. The molecular weight excluding hydrogens is 476 g/mol. The number of thiophene rings is 2. The molecule has 33 heavy (non-hydrogen) atoms. The Bertz CT molecular complexity index is 1650. The molecule has 166 valence electrons. The molecule has 0 saturated heterocycles. The van der Waals surface area contributed by atoms with Crippen molar-refractivity contribution < 1.29 is 0 Å². The molecule has 0 fully saturated rings. The van der Waals surface area contributed by atoms with Crippen molar-refractivity contribution >= 4 is 44.7 Å². The van der Waals surface area contributed by atoms with E-state index in [1.807, 2.05) is 53.2 Å². The van der Waals surface area contributed by atoms with Crippen molar-refractivity contribution in [3.8, 4) is 16.1 Å². The lowest BCUT2D eigenvalue weighted by Crippen LogP contribution is -2.37. The zero-order valence-electron chi connectivity index (χ0n) is 17.7. The van der Waals surface area contributed by atoms with Crippen LogP contribution < -0.4 is 16.8 Å².